The molecule has 0 saturated carbocycles. The Morgan fingerprint density at radius 2 is 2.00 bits per heavy atom. The summed E-state index contributed by atoms with van der Waals surface area (Å²) in [5, 5.41) is 0. The molecule has 3 nitrogen and oxygen atoms in total. The molecule has 0 aromatic carbocycles. The number of ether oxygens (including phenoxy) is 1. The number of carbonyl (C=O) groups excluding carboxylic acids is 1. The molecule has 0 unspecified atom stereocenters. The van der Waals surface area contributed by atoms with Gasteiger partial charge in [-0.05, 0) is 0 Å². The van der Waals surface area contributed by atoms with Crippen LogP contribution in [0.2, 0.25) is 0 Å². The number of carbonyl (C=O) groups is 1. The summed E-state index contributed by atoms with van der Waals surface area (Å²) in [5.74, 6) is -0.388. The Bertz CT molecular complexity index is 194. The van der Waals surface area contributed by atoms with Crippen LogP contribution in [0.5, 0.6) is 0 Å². The predicted octanol–water partition coefficient (Wildman–Crippen LogP) is -2.06. The Morgan fingerprint density at radius 3 is 2.38 bits per heavy atom. The topological polar surface area (TPSA) is 26.3 Å². The van der Waals surface area contributed by atoms with E-state index in [2.05, 4.69) is 6.58 Å². The van der Waals surface area contributed by atoms with Crippen molar-refractivity contribution in [2.75, 3.05) is 27.7 Å². The lowest BCUT2D eigenvalue weighted by Gasteiger charge is -2.17. The van der Waals surface area contributed by atoms with Crippen LogP contribution < -0.4 is 12.4 Å². The maximum absolute atomic E-state index is 10.6. The number of hydrogen-bond donors (Lipinski definition) is 0. The minimum absolute atomic E-state index is 0. The molecule has 13 heavy (non-hydrogen) atoms. The van der Waals surface area contributed by atoms with Gasteiger partial charge in [0.05, 0.1) is 27.3 Å². The fourth-order valence-electron chi connectivity index (χ4n) is 0.548. The third kappa shape index (κ3) is 11.2. The number of nitrogens with zero attached hydrogens (tertiary/aromatic N) is 1. The lowest BCUT2D eigenvalue weighted by atomic mass is 10.5. The molecular weight excluding hydrogens is 190 g/mol. The van der Waals surface area contributed by atoms with Crippen LogP contribution in [-0.2, 0) is 9.53 Å². The van der Waals surface area contributed by atoms with Crippen LogP contribution in [0.25, 0.3) is 0 Å². The molecule has 76 valence electrons. The van der Waals surface area contributed by atoms with Gasteiger partial charge in [0.2, 0.25) is 0 Å². The zero-order chi connectivity index (χ0) is 9.61. The maximum atomic E-state index is 10.6. The summed E-state index contributed by atoms with van der Waals surface area (Å²) in [6.45, 7) is 3.59. The van der Waals surface area contributed by atoms with E-state index in [1.807, 2.05) is 27.3 Å². The summed E-state index contributed by atoms with van der Waals surface area (Å²) in [4.78, 5) is 10.6. The highest BCUT2D eigenvalue weighted by atomic mass is 35.5. The summed E-state index contributed by atoms with van der Waals surface area (Å²) in [5.41, 5.74) is 0. The van der Waals surface area contributed by atoms with E-state index >= 15 is 0 Å². The van der Waals surface area contributed by atoms with Crippen LogP contribution >= 0.6 is 0 Å². The molecule has 0 fully saturated rings. The Kier molecular flexibility index (Phi) is 7.57. The quantitative estimate of drug-likeness (QED) is 0.300. The van der Waals surface area contributed by atoms with Gasteiger partial charge >= 0.3 is 5.97 Å². The molecule has 0 aromatic heterocycles. The first-order valence-electron chi connectivity index (χ1n) is 3.74. The Hall–Kier alpha value is -0.800. The average molecular weight is 206 g/mol. The Labute approximate surface area is 85.7 Å². The van der Waals surface area contributed by atoms with Crippen molar-refractivity contribution >= 4 is 5.97 Å². The molecule has 4 heteroatoms. The van der Waals surface area contributed by atoms with Crippen molar-refractivity contribution in [2.45, 2.75) is 0 Å². The van der Waals surface area contributed by atoms with Crippen molar-refractivity contribution in [3.63, 3.8) is 0 Å². The van der Waals surface area contributed by atoms with Gasteiger partial charge in [-0.2, -0.15) is 0 Å². The summed E-state index contributed by atoms with van der Waals surface area (Å²) in [6.07, 6.45) is 4.90. The van der Waals surface area contributed by atoms with Gasteiger partial charge in [0, 0.05) is 12.2 Å². The van der Waals surface area contributed by atoms with E-state index < -0.39 is 0 Å². The van der Waals surface area contributed by atoms with E-state index in [4.69, 9.17) is 4.74 Å². The second-order valence-corrected chi connectivity index (χ2v) is 3.34. The summed E-state index contributed by atoms with van der Waals surface area (Å²) in [6, 6.07) is 0. The largest absolute Gasteiger partial charge is 1.00 e. The first-order valence-corrected chi connectivity index (χ1v) is 3.74. The SMILES string of the molecule is C=CC(=O)OCC=C[N+](C)(C)C.[Cl-]. The molecule has 0 heterocycles. The monoisotopic (exact) mass is 205 g/mol. The Morgan fingerprint density at radius 1 is 1.46 bits per heavy atom. The van der Waals surface area contributed by atoms with Gasteiger partial charge in [0.25, 0.3) is 0 Å². The fourth-order valence-corrected chi connectivity index (χ4v) is 0.548. The molecule has 0 aliphatic carbocycles. The normalized spacial score (nSPS) is 10.7. The smallest absolute Gasteiger partial charge is 0.330 e. The lowest BCUT2D eigenvalue weighted by Crippen LogP contribution is -3.00. The first kappa shape index (κ1) is 14.7. The molecule has 0 amide bonds. The van der Waals surface area contributed by atoms with E-state index in [1.54, 1.807) is 6.08 Å². The molecule has 0 N–H and O–H groups in total. The molecule has 0 saturated heterocycles. The highest BCUT2D eigenvalue weighted by molar-refractivity contribution is 5.81. The molecule has 0 spiro atoms. The highest BCUT2D eigenvalue weighted by Gasteiger charge is 1.99. The zero-order valence-corrected chi connectivity index (χ0v) is 9.04. The second kappa shape index (κ2) is 6.69. The van der Waals surface area contributed by atoms with Crippen LogP contribution in [0.3, 0.4) is 0 Å². The van der Waals surface area contributed by atoms with Crippen molar-refractivity contribution < 1.29 is 26.4 Å². The van der Waals surface area contributed by atoms with Gasteiger partial charge in [-0.3, -0.25) is 0 Å². The minimum Gasteiger partial charge on any atom is -1.00 e. The molecule has 0 aliphatic rings. The minimum atomic E-state index is -0.388. The Balaban J connectivity index is 0. The van der Waals surface area contributed by atoms with Gasteiger partial charge in [-0.25, -0.2) is 4.79 Å². The molecule has 0 atom stereocenters. The molecule has 0 bridgehead atoms. The van der Waals surface area contributed by atoms with E-state index in [0.717, 1.165) is 6.08 Å². The van der Waals surface area contributed by atoms with Gasteiger partial charge in [0.1, 0.15) is 6.61 Å². The number of rotatable bonds is 4. The average Bonchev–Trinajstić information content (AvgIpc) is 1.96. The van der Waals surface area contributed by atoms with Gasteiger partial charge in [-0.1, -0.05) is 6.58 Å². The third-order valence-electron chi connectivity index (χ3n) is 1.04. The van der Waals surface area contributed by atoms with Gasteiger partial charge in [0.15, 0.2) is 0 Å². The fraction of sp³-hybridized carbons (Fsp3) is 0.444. The van der Waals surface area contributed by atoms with Crippen molar-refractivity contribution in [3.05, 3.63) is 24.9 Å². The van der Waals surface area contributed by atoms with Crippen LogP contribution in [0.4, 0.5) is 0 Å². The molecular formula is C9H16ClNO2. The number of hydrogen-bond acceptors (Lipinski definition) is 2. The zero-order valence-electron chi connectivity index (χ0n) is 8.29. The summed E-state index contributed by atoms with van der Waals surface area (Å²) in [7, 11) is 6.06. The van der Waals surface area contributed by atoms with Crippen molar-refractivity contribution in [1.82, 2.24) is 0 Å². The number of esters is 1. The van der Waals surface area contributed by atoms with E-state index in [0.29, 0.717) is 11.1 Å². The predicted molar refractivity (Wildman–Crippen MR) is 48.3 cm³/mol. The number of halogens is 1. The van der Waals surface area contributed by atoms with Crippen LogP contribution in [0.1, 0.15) is 0 Å². The van der Waals surface area contributed by atoms with Crippen LogP contribution in [0, 0.1) is 0 Å². The second-order valence-electron chi connectivity index (χ2n) is 3.34. The van der Waals surface area contributed by atoms with Crippen molar-refractivity contribution in [1.29, 1.82) is 0 Å². The van der Waals surface area contributed by atoms with Crippen LogP contribution in [-0.4, -0.2) is 38.2 Å². The van der Waals surface area contributed by atoms with Crippen molar-refractivity contribution in [3.8, 4) is 0 Å². The maximum Gasteiger partial charge on any atom is 0.330 e. The van der Waals surface area contributed by atoms with Crippen molar-refractivity contribution in [2.24, 2.45) is 0 Å². The van der Waals surface area contributed by atoms with E-state index in [1.165, 1.54) is 0 Å². The number of quaternary nitrogens is 1. The van der Waals surface area contributed by atoms with Gasteiger partial charge < -0.3 is 21.6 Å². The third-order valence-corrected chi connectivity index (χ3v) is 1.04. The van der Waals surface area contributed by atoms with Gasteiger partial charge in [-0.15, -0.1) is 0 Å². The van der Waals surface area contributed by atoms with Crippen LogP contribution in [0.15, 0.2) is 24.9 Å². The molecule has 0 rings (SSSR count). The summed E-state index contributed by atoms with van der Waals surface area (Å²) >= 11 is 0. The standard InChI is InChI=1S/C9H16NO2.ClH/c1-5-9(11)12-8-6-7-10(2,3)4;/h5-7H,1,8H2,2-4H3;1H/q+1;/p-1. The molecule has 0 aromatic rings. The first-order chi connectivity index (χ1) is 5.45. The molecule has 0 aliphatic heterocycles. The van der Waals surface area contributed by atoms with E-state index in [9.17, 15) is 4.79 Å². The van der Waals surface area contributed by atoms with E-state index in [-0.39, 0.29) is 18.4 Å². The molecule has 0 radical (unpaired) electrons. The highest BCUT2D eigenvalue weighted by Crippen LogP contribution is 1.91. The lowest BCUT2D eigenvalue weighted by molar-refractivity contribution is -0.817. The summed E-state index contributed by atoms with van der Waals surface area (Å²) < 4.78 is 5.45.